The first-order valence-electron chi connectivity index (χ1n) is 7.36. The first kappa shape index (κ1) is 13.7. The van der Waals surface area contributed by atoms with Crippen LogP contribution in [0.1, 0.15) is 34.0 Å². The molecule has 0 spiro atoms. The summed E-state index contributed by atoms with van der Waals surface area (Å²) in [6, 6.07) is 14.1. The molecular weight excluding hydrogens is 262 g/mol. The molecule has 2 aromatic rings. The average molecular weight is 281 g/mol. The van der Waals surface area contributed by atoms with Gasteiger partial charge in [0, 0.05) is 18.8 Å². The quantitative estimate of drug-likeness (QED) is 0.932. The summed E-state index contributed by atoms with van der Waals surface area (Å²) in [6.45, 7) is 3.94. The zero-order chi connectivity index (χ0) is 14.8. The van der Waals surface area contributed by atoms with Crippen molar-refractivity contribution in [3.63, 3.8) is 0 Å². The van der Waals surface area contributed by atoms with Crippen LogP contribution in [0.25, 0.3) is 0 Å². The summed E-state index contributed by atoms with van der Waals surface area (Å²) in [5.41, 5.74) is 5.27. The molecule has 0 aliphatic carbocycles. The van der Waals surface area contributed by atoms with E-state index in [1.54, 1.807) is 12.1 Å². The van der Waals surface area contributed by atoms with Crippen molar-refractivity contribution in [2.45, 2.75) is 26.3 Å². The monoisotopic (exact) mass is 281 g/mol. The fourth-order valence-corrected chi connectivity index (χ4v) is 2.84. The lowest BCUT2D eigenvalue weighted by molar-refractivity contribution is 0.0697. The van der Waals surface area contributed by atoms with Gasteiger partial charge in [-0.25, -0.2) is 4.79 Å². The Hall–Kier alpha value is -2.29. The lowest BCUT2D eigenvalue weighted by Crippen LogP contribution is -2.19. The highest BCUT2D eigenvalue weighted by Gasteiger charge is 2.20. The Bertz CT molecular complexity index is 661. The van der Waals surface area contributed by atoms with Crippen molar-refractivity contribution in [2.75, 3.05) is 11.4 Å². The number of carbonyl (C=O) groups is 1. The van der Waals surface area contributed by atoms with Crippen molar-refractivity contribution in [2.24, 2.45) is 0 Å². The Morgan fingerprint density at radius 3 is 2.52 bits per heavy atom. The molecule has 1 aliphatic rings. The molecule has 1 heterocycles. The summed E-state index contributed by atoms with van der Waals surface area (Å²) in [6.07, 6.45) is 2.04. The largest absolute Gasteiger partial charge is 0.478 e. The van der Waals surface area contributed by atoms with E-state index in [0.717, 1.165) is 31.6 Å². The summed E-state index contributed by atoms with van der Waals surface area (Å²) in [7, 11) is 0. The average Bonchev–Trinajstić information content (AvgIpc) is 2.90. The minimum Gasteiger partial charge on any atom is -0.478 e. The highest BCUT2D eigenvalue weighted by Crippen LogP contribution is 2.30. The van der Waals surface area contributed by atoms with Crippen LogP contribution in [0.15, 0.2) is 42.5 Å². The summed E-state index contributed by atoms with van der Waals surface area (Å²) in [5.74, 6) is -0.864. The topological polar surface area (TPSA) is 40.5 Å². The van der Waals surface area contributed by atoms with Crippen molar-refractivity contribution in [1.82, 2.24) is 0 Å². The molecule has 0 amide bonds. The standard InChI is InChI=1S/C18H19NO2/c1-2-13-3-5-14(6-4-13)12-19-10-9-15-7-8-16(18(20)21)11-17(15)19/h3-8,11H,2,9-10,12H2,1H3,(H,20,21). The van der Waals surface area contributed by atoms with Gasteiger partial charge < -0.3 is 10.0 Å². The summed E-state index contributed by atoms with van der Waals surface area (Å²) in [4.78, 5) is 13.4. The van der Waals surface area contributed by atoms with Crippen LogP contribution in [-0.2, 0) is 19.4 Å². The Labute approximate surface area is 124 Å². The van der Waals surface area contributed by atoms with E-state index in [0.29, 0.717) is 5.56 Å². The maximum absolute atomic E-state index is 11.1. The fourth-order valence-electron chi connectivity index (χ4n) is 2.84. The predicted octanol–water partition coefficient (Wildman–Crippen LogP) is 3.51. The van der Waals surface area contributed by atoms with E-state index in [9.17, 15) is 4.79 Å². The number of aryl methyl sites for hydroxylation is 1. The molecule has 0 saturated heterocycles. The van der Waals surface area contributed by atoms with Crippen molar-refractivity contribution >= 4 is 11.7 Å². The highest BCUT2D eigenvalue weighted by molar-refractivity contribution is 5.89. The van der Waals surface area contributed by atoms with Crippen molar-refractivity contribution in [3.8, 4) is 0 Å². The maximum atomic E-state index is 11.1. The van der Waals surface area contributed by atoms with E-state index in [-0.39, 0.29) is 0 Å². The number of benzene rings is 2. The minimum absolute atomic E-state index is 0.363. The van der Waals surface area contributed by atoms with Gasteiger partial charge in [0.25, 0.3) is 0 Å². The predicted molar refractivity (Wildman–Crippen MR) is 84.0 cm³/mol. The molecule has 108 valence electrons. The van der Waals surface area contributed by atoms with E-state index in [4.69, 9.17) is 5.11 Å². The second-order valence-electron chi connectivity index (χ2n) is 5.49. The zero-order valence-electron chi connectivity index (χ0n) is 12.2. The first-order valence-corrected chi connectivity index (χ1v) is 7.36. The number of fused-ring (bicyclic) bond motifs is 1. The Kier molecular flexibility index (Phi) is 3.65. The Balaban J connectivity index is 1.82. The van der Waals surface area contributed by atoms with Crippen LogP contribution >= 0.6 is 0 Å². The van der Waals surface area contributed by atoms with Gasteiger partial charge in [0.2, 0.25) is 0 Å². The molecule has 3 heteroatoms. The molecule has 0 saturated carbocycles. The van der Waals surface area contributed by atoms with Gasteiger partial charge >= 0.3 is 5.97 Å². The van der Waals surface area contributed by atoms with Crippen LogP contribution in [0.3, 0.4) is 0 Å². The highest BCUT2D eigenvalue weighted by atomic mass is 16.4. The lowest BCUT2D eigenvalue weighted by Gasteiger charge is -2.20. The van der Waals surface area contributed by atoms with E-state index in [1.807, 2.05) is 6.07 Å². The fraction of sp³-hybridized carbons (Fsp3) is 0.278. The molecule has 0 atom stereocenters. The van der Waals surface area contributed by atoms with Gasteiger partial charge in [-0.2, -0.15) is 0 Å². The minimum atomic E-state index is -0.864. The summed E-state index contributed by atoms with van der Waals surface area (Å²) in [5, 5.41) is 9.13. The number of hydrogen-bond donors (Lipinski definition) is 1. The van der Waals surface area contributed by atoms with Gasteiger partial charge in [-0.3, -0.25) is 0 Å². The molecule has 0 aromatic heterocycles. The molecule has 0 unspecified atom stereocenters. The molecule has 0 fully saturated rings. The van der Waals surface area contributed by atoms with Gasteiger partial charge in [0.15, 0.2) is 0 Å². The number of nitrogens with zero attached hydrogens (tertiary/aromatic N) is 1. The molecule has 2 aromatic carbocycles. The Morgan fingerprint density at radius 1 is 1.14 bits per heavy atom. The van der Waals surface area contributed by atoms with E-state index in [2.05, 4.69) is 36.1 Å². The second-order valence-corrected chi connectivity index (χ2v) is 5.49. The second kappa shape index (κ2) is 5.60. The third-order valence-corrected chi connectivity index (χ3v) is 4.13. The van der Waals surface area contributed by atoms with Gasteiger partial charge in [-0.1, -0.05) is 37.3 Å². The number of rotatable bonds is 4. The SMILES string of the molecule is CCc1ccc(CN2CCc3ccc(C(=O)O)cc32)cc1. The summed E-state index contributed by atoms with van der Waals surface area (Å²) < 4.78 is 0. The van der Waals surface area contributed by atoms with Crippen LogP contribution in [0.5, 0.6) is 0 Å². The van der Waals surface area contributed by atoms with Crippen LogP contribution in [0.4, 0.5) is 5.69 Å². The van der Waals surface area contributed by atoms with Gasteiger partial charge in [0.1, 0.15) is 0 Å². The van der Waals surface area contributed by atoms with E-state index >= 15 is 0 Å². The molecule has 1 aliphatic heterocycles. The van der Waals surface area contributed by atoms with Gasteiger partial charge in [0.05, 0.1) is 5.56 Å². The number of aromatic carboxylic acids is 1. The maximum Gasteiger partial charge on any atom is 0.335 e. The van der Waals surface area contributed by atoms with Crippen LogP contribution < -0.4 is 4.90 Å². The van der Waals surface area contributed by atoms with Crippen molar-refractivity contribution in [1.29, 1.82) is 0 Å². The smallest absolute Gasteiger partial charge is 0.335 e. The van der Waals surface area contributed by atoms with E-state index in [1.165, 1.54) is 16.7 Å². The first-order chi connectivity index (χ1) is 10.2. The van der Waals surface area contributed by atoms with Gasteiger partial charge in [-0.05, 0) is 41.7 Å². The molecule has 0 bridgehead atoms. The molecule has 0 radical (unpaired) electrons. The molecular formula is C18H19NO2. The van der Waals surface area contributed by atoms with Crippen LogP contribution in [0, 0.1) is 0 Å². The normalized spacial score (nSPS) is 13.3. The molecule has 21 heavy (non-hydrogen) atoms. The lowest BCUT2D eigenvalue weighted by atomic mass is 10.1. The third kappa shape index (κ3) is 2.77. The number of anilines is 1. The zero-order valence-corrected chi connectivity index (χ0v) is 12.2. The van der Waals surface area contributed by atoms with Crippen LogP contribution in [-0.4, -0.2) is 17.6 Å². The van der Waals surface area contributed by atoms with Crippen molar-refractivity contribution < 1.29 is 9.90 Å². The third-order valence-electron chi connectivity index (χ3n) is 4.13. The molecule has 3 nitrogen and oxygen atoms in total. The number of hydrogen-bond acceptors (Lipinski definition) is 2. The number of carboxylic acids is 1. The van der Waals surface area contributed by atoms with Gasteiger partial charge in [-0.15, -0.1) is 0 Å². The van der Waals surface area contributed by atoms with E-state index < -0.39 is 5.97 Å². The van der Waals surface area contributed by atoms with Crippen LogP contribution in [0.2, 0.25) is 0 Å². The molecule has 3 rings (SSSR count). The molecule has 1 N–H and O–H groups in total. The Morgan fingerprint density at radius 2 is 1.86 bits per heavy atom. The number of carboxylic acid groups (broad SMARTS) is 1. The van der Waals surface area contributed by atoms with Crippen molar-refractivity contribution in [3.05, 3.63) is 64.7 Å². The summed E-state index contributed by atoms with van der Waals surface area (Å²) >= 11 is 0.